The topological polar surface area (TPSA) is 72.8 Å². The van der Waals surface area contributed by atoms with Crippen molar-refractivity contribution in [1.29, 1.82) is 0 Å². The van der Waals surface area contributed by atoms with Crippen LogP contribution in [0.5, 0.6) is 0 Å². The lowest BCUT2D eigenvalue weighted by atomic mass is 10.1. The predicted octanol–water partition coefficient (Wildman–Crippen LogP) is 1.66. The highest BCUT2D eigenvalue weighted by Crippen LogP contribution is 2.35. The van der Waals surface area contributed by atoms with E-state index in [4.69, 9.17) is 10.2 Å². The molecule has 0 bridgehead atoms. The summed E-state index contributed by atoms with van der Waals surface area (Å²) in [7, 11) is 0. The Morgan fingerprint density at radius 3 is 2.24 bits per heavy atom. The lowest BCUT2D eigenvalue weighted by molar-refractivity contribution is -0.137. The van der Waals surface area contributed by atoms with Gasteiger partial charge >= 0.3 is 12.2 Å². The van der Waals surface area contributed by atoms with Crippen molar-refractivity contribution in [2.75, 3.05) is 31.6 Å². The van der Waals surface area contributed by atoms with Crippen molar-refractivity contribution >= 4 is 11.7 Å². The standard InChI is InChI=1S/C12H14F4N2O3/c13-8-1-2-10(9(7-8)12(14,15)16)17-11(21)18(3-5-19)4-6-20/h1-2,7,19-20H,3-6H2,(H,17,21). The molecule has 21 heavy (non-hydrogen) atoms. The Bertz CT molecular complexity index is 488. The van der Waals surface area contributed by atoms with Crippen LogP contribution in [0.15, 0.2) is 18.2 Å². The van der Waals surface area contributed by atoms with Gasteiger partial charge in [-0.15, -0.1) is 0 Å². The fraction of sp³-hybridized carbons (Fsp3) is 0.417. The minimum absolute atomic E-state index is 0.158. The number of aliphatic hydroxyl groups is 2. The average molecular weight is 310 g/mol. The van der Waals surface area contributed by atoms with E-state index in [0.29, 0.717) is 0 Å². The van der Waals surface area contributed by atoms with E-state index >= 15 is 0 Å². The Balaban J connectivity index is 2.99. The van der Waals surface area contributed by atoms with Crippen molar-refractivity contribution in [2.45, 2.75) is 6.18 Å². The molecule has 5 nitrogen and oxygen atoms in total. The van der Waals surface area contributed by atoms with Crippen LogP contribution < -0.4 is 5.32 Å². The van der Waals surface area contributed by atoms with Crippen LogP contribution in [0.25, 0.3) is 0 Å². The fourth-order valence-corrected chi connectivity index (χ4v) is 1.61. The molecule has 0 aliphatic rings. The molecule has 0 saturated heterocycles. The van der Waals surface area contributed by atoms with Gasteiger partial charge in [0.05, 0.1) is 24.5 Å². The summed E-state index contributed by atoms with van der Waals surface area (Å²) >= 11 is 0. The van der Waals surface area contributed by atoms with E-state index in [1.165, 1.54) is 0 Å². The third kappa shape index (κ3) is 4.87. The van der Waals surface area contributed by atoms with E-state index in [1.54, 1.807) is 0 Å². The second-order valence-electron chi connectivity index (χ2n) is 4.05. The van der Waals surface area contributed by atoms with Crippen LogP contribution in [0.4, 0.5) is 28.0 Å². The van der Waals surface area contributed by atoms with E-state index in [0.717, 1.165) is 17.0 Å². The first-order chi connectivity index (χ1) is 9.79. The van der Waals surface area contributed by atoms with Gasteiger partial charge in [0.25, 0.3) is 0 Å². The lowest BCUT2D eigenvalue weighted by Crippen LogP contribution is -2.39. The molecule has 2 amide bonds. The SMILES string of the molecule is O=C(Nc1ccc(F)cc1C(F)(F)F)N(CCO)CCO. The number of carbonyl (C=O) groups is 1. The van der Waals surface area contributed by atoms with Crippen molar-refractivity contribution in [2.24, 2.45) is 0 Å². The van der Waals surface area contributed by atoms with Crippen molar-refractivity contribution in [3.63, 3.8) is 0 Å². The van der Waals surface area contributed by atoms with E-state index < -0.39 is 42.5 Å². The highest BCUT2D eigenvalue weighted by atomic mass is 19.4. The number of aliphatic hydroxyl groups excluding tert-OH is 2. The Labute approximate surface area is 117 Å². The summed E-state index contributed by atoms with van der Waals surface area (Å²) in [6.07, 6.45) is -4.83. The summed E-state index contributed by atoms with van der Waals surface area (Å²) in [6, 6.07) is 0.924. The van der Waals surface area contributed by atoms with E-state index in [1.807, 2.05) is 5.32 Å². The molecule has 0 aromatic heterocycles. The van der Waals surface area contributed by atoms with Crippen LogP contribution in [0, 0.1) is 5.82 Å². The highest BCUT2D eigenvalue weighted by Gasteiger charge is 2.34. The number of hydrogen-bond acceptors (Lipinski definition) is 3. The van der Waals surface area contributed by atoms with Gasteiger partial charge in [0.1, 0.15) is 5.82 Å². The number of nitrogens with zero attached hydrogens (tertiary/aromatic N) is 1. The third-order valence-corrected chi connectivity index (χ3v) is 2.56. The maximum absolute atomic E-state index is 12.9. The highest BCUT2D eigenvalue weighted by molar-refractivity contribution is 5.90. The molecule has 0 aliphatic heterocycles. The first-order valence-electron chi connectivity index (χ1n) is 5.94. The molecule has 1 rings (SSSR count). The van der Waals surface area contributed by atoms with E-state index in [9.17, 15) is 22.4 Å². The summed E-state index contributed by atoms with van der Waals surface area (Å²) < 4.78 is 51.2. The smallest absolute Gasteiger partial charge is 0.395 e. The summed E-state index contributed by atoms with van der Waals surface area (Å²) in [5.74, 6) is -1.08. The zero-order chi connectivity index (χ0) is 16.0. The van der Waals surface area contributed by atoms with Crippen LogP contribution in [0.1, 0.15) is 5.56 Å². The number of rotatable bonds is 5. The third-order valence-electron chi connectivity index (χ3n) is 2.56. The van der Waals surface area contributed by atoms with E-state index in [2.05, 4.69) is 0 Å². The molecule has 0 atom stereocenters. The van der Waals surface area contributed by atoms with Crippen LogP contribution in [0.3, 0.4) is 0 Å². The minimum Gasteiger partial charge on any atom is -0.395 e. The van der Waals surface area contributed by atoms with Gasteiger partial charge in [-0.05, 0) is 18.2 Å². The maximum atomic E-state index is 12.9. The lowest BCUT2D eigenvalue weighted by Gasteiger charge is -2.22. The second kappa shape index (κ2) is 7.23. The van der Waals surface area contributed by atoms with E-state index in [-0.39, 0.29) is 19.2 Å². The van der Waals surface area contributed by atoms with Crippen molar-refractivity contribution in [1.82, 2.24) is 4.90 Å². The number of hydrogen-bond donors (Lipinski definition) is 3. The summed E-state index contributed by atoms with van der Waals surface area (Å²) in [5, 5.41) is 19.5. The number of carbonyl (C=O) groups excluding carboxylic acids is 1. The summed E-state index contributed by atoms with van der Waals surface area (Å²) in [6.45, 7) is -1.14. The first-order valence-corrected chi connectivity index (χ1v) is 5.94. The molecule has 0 unspecified atom stereocenters. The zero-order valence-electron chi connectivity index (χ0n) is 10.8. The molecule has 118 valence electrons. The summed E-state index contributed by atoms with van der Waals surface area (Å²) in [4.78, 5) is 12.7. The minimum atomic E-state index is -4.83. The monoisotopic (exact) mass is 310 g/mol. The van der Waals surface area contributed by atoms with Gasteiger partial charge in [0.2, 0.25) is 0 Å². The molecule has 9 heteroatoms. The zero-order valence-corrected chi connectivity index (χ0v) is 10.8. The fourth-order valence-electron chi connectivity index (χ4n) is 1.61. The van der Waals surface area contributed by atoms with Gasteiger partial charge in [-0.3, -0.25) is 0 Å². The van der Waals surface area contributed by atoms with Gasteiger partial charge in [0.15, 0.2) is 0 Å². The van der Waals surface area contributed by atoms with Crippen LogP contribution in [-0.4, -0.2) is 47.4 Å². The number of anilines is 1. The van der Waals surface area contributed by atoms with Gasteiger partial charge in [0, 0.05) is 13.1 Å². The van der Waals surface area contributed by atoms with Gasteiger partial charge in [-0.2, -0.15) is 13.2 Å². The molecule has 1 aromatic rings. The average Bonchev–Trinajstić information content (AvgIpc) is 2.39. The molecular formula is C12H14F4N2O3. The number of urea groups is 1. The molecule has 0 spiro atoms. The number of halogens is 4. The number of benzene rings is 1. The Morgan fingerprint density at radius 1 is 1.19 bits per heavy atom. The van der Waals surface area contributed by atoms with Gasteiger partial charge in [-0.1, -0.05) is 0 Å². The molecule has 3 N–H and O–H groups in total. The predicted molar refractivity (Wildman–Crippen MR) is 66.2 cm³/mol. The Hall–Kier alpha value is -1.87. The largest absolute Gasteiger partial charge is 0.418 e. The van der Waals surface area contributed by atoms with Crippen LogP contribution in [0.2, 0.25) is 0 Å². The van der Waals surface area contributed by atoms with Crippen LogP contribution >= 0.6 is 0 Å². The number of amides is 2. The second-order valence-corrected chi connectivity index (χ2v) is 4.05. The Kier molecular flexibility index (Phi) is 5.91. The Morgan fingerprint density at radius 2 is 1.76 bits per heavy atom. The molecular weight excluding hydrogens is 296 g/mol. The molecule has 0 saturated carbocycles. The number of nitrogens with one attached hydrogen (secondary N) is 1. The summed E-state index contributed by atoms with van der Waals surface area (Å²) in [5.41, 5.74) is -1.92. The number of alkyl halides is 3. The quantitative estimate of drug-likeness (QED) is 0.724. The molecule has 1 aromatic carbocycles. The van der Waals surface area contributed by atoms with Crippen molar-refractivity contribution in [3.8, 4) is 0 Å². The molecule has 0 fully saturated rings. The van der Waals surface area contributed by atoms with Crippen molar-refractivity contribution < 1.29 is 32.6 Å². The van der Waals surface area contributed by atoms with Gasteiger partial charge < -0.3 is 20.4 Å². The molecule has 0 aliphatic carbocycles. The van der Waals surface area contributed by atoms with Crippen molar-refractivity contribution in [3.05, 3.63) is 29.6 Å². The van der Waals surface area contributed by atoms with Gasteiger partial charge in [-0.25, -0.2) is 9.18 Å². The van der Waals surface area contributed by atoms with Crippen LogP contribution in [-0.2, 0) is 6.18 Å². The molecule has 0 radical (unpaired) electrons. The molecule has 0 heterocycles. The first kappa shape index (κ1) is 17.2. The normalized spacial score (nSPS) is 11.3. The maximum Gasteiger partial charge on any atom is 0.418 e.